The molecule has 0 radical (unpaired) electrons. The number of carboxylic acids is 1. The van der Waals surface area contributed by atoms with Gasteiger partial charge >= 0.3 is 5.97 Å². The van der Waals surface area contributed by atoms with E-state index in [9.17, 15) is 29.4 Å². The van der Waals surface area contributed by atoms with Gasteiger partial charge in [0, 0.05) is 30.1 Å². The van der Waals surface area contributed by atoms with Crippen molar-refractivity contribution in [3.8, 4) is 0 Å². The van der Waals surface area contributed by atoms with Crippen molar-refractivity contribution in [2.75, 3.05) is 6.54 Å². The van der Waals surface area contributed by atoms with Gasteiger partial charge in [0.15, 0.2) is 5.96 Å². The number of aliphatic imine (C=N–C) groups is 1. The first-order valence-corrected chi connectivity index (χ1v) is 13.5. The number of rotatable bonds is 16. The molecule has 14 nitrogen and oxygen atoms in total. The van der Waals surface area contributed by atoms with Crippen LogP contribution in [0.2, 0.25) is 0 Å². The fourth-order valence-electron chi connectivity index (χ4n) is 4.27. The molecule has 0 bridgehead atoms. The second-order valence-corrected chi connectivity index (χ2v) is 10.4. The van der Waals surface area contributed by atoms with Crippen LogP contribution in [-0.4, -0.2) is 81.7 Å². The third-order valence-electron chi connectivity index (χ3n) is 6.42. The average molecular weight is 575 g/mol. The van der Waals surface area contributed by atoms with Gasteiger partial charge in [-0.3, -0.25) is 19.4 Å². The number of carboxylic acid groups (broad SMARTS) is 1. The molecular weight excluding hydrogens is 532 g/mol. The van der Waals surface area contributed by atoms with Crippen molar-refractivity contribution in [2.45, 2.75) is 76.7 Å². The summed E-state index contributed by atoms with van der Waals surface area (Å²) in [6.45, 7) is 5.18. The lowest BCUT2D eigenvalue weighted by molar-refractivity contribution is -0.143. The number of carbonyl (C=O) groups excluding carboxylic acids is 3. The second kappa shape index (κ2) is 15.6. The highest BCUT2D eigenvalue weighted by molar-refractivity contribution is 5.95. The normalized spacial score (nSPS) is 14.9. The molecule has 0 aliphatic carbocycles. The predicted octanol–water partition coefficient (Wildman–Crippen LogP) is -0.943. The van der Waals surface area contributed by atoms with E-state index < -0.39 is 54.0 Å². The Morgan fingerprint density at radius 2 is 1.63 bits per heavy atom. The maximum Gasteiger partial charge on any atom is 0.326 e. The quantitative estimate of drug-likeness (QED) is 0.0680. The number of fused-ring (bicyclic) bond motifs is 1. The van der Waals surface area contributed by atoms with Crippen molar-refractivity contribution < 1.29 is 29.4 Å². The zero-order valence-electron chi connectivity index (χ0n) is 23.6. The van der Waals surface area contributed by atoms with Crippen LogP contribution in [0.15, 0.2) is 35.5 Å². The van der Waals surface area contributed by atoms with Gasteiger partial charge < -0.3 is 48.3 Å². The van der Waals surface area contributed by atoms with E-state index in [4.69, 9.17) is 17.2 Å². The summed E-state index contributed by atoms with van der Waals surface area (Å²) in [5.74, 6) is -3.57. The van der Waals surface area contributed by atoms with E-state index in [-0.39, 0.29) is 37.7 Å². The van der Waals surface area contributed by atoms with E-state index in [2.05, 4.69) is 25.9 Å². The Bertz CT molecular complexity index is 1220. The molecule has 12 N–H and O–H groups in total. The van der Waals surface area contributed by atoms with Gasteiger partial charge in [-0.2, -0.15) is 0 Å². The summed E-state index contributed by atoms with van der Waals surface area (Å²) in [5.41, 5.74) is 18.2. The Hall–Kier alpha value is -4.17. The fourth-order valence-corrected chi connectivity index (χ4v) is 4.27. The number of aliphatic hydroxyl groups excluding tert-OH is 1. The number of aliphatic carboxylic acids is 1. The minimum atomic E-state index is -1.48. The average Bonchev–Trinajstić information content (AvgIpc) is 3.30. The number of aromatic amines is 1. The van der Waals surface area contributed by atoms with Crippen LogP contribution >= 0.6 is 0 Å². The SMILES string of the molecule is CC(C)CC(NC(=O)C(NC(=O)C(Cc1c[nH]c2ccccc12)NC(=O)C(N)CCCN=C(N)N)C(C)O)C(=O)O. The van der Waals surface area contributed by atoms with Gasteiger partial charge in [0.25, 0.3) is 0 Å². The molecule has 5 unspecified atom stereocenters. The Morgan fingerprint density at radius 3 is 2.24 bits per heavy atom. The number of para-hydroxylation sites is 1. The molecule has 5 atom stereocenters. The molecule has 2 aromatic rings. The van der Waals surface area contributed by atoms with E-state index in [1.807, 2.05) is 24.3 Å². The lowest BCUT2D eigenvalue weighted by Crippen LogP contribution is -2.60. The van der Waals surface area contributed by atoms with Crippen molar-refractivity contribution in [1.29, 1.82) is 0 Å². The number of carbonyl (C=O) groups is 4. The number of hydrogen-bond acceptors (Lipinski definition) is 7. The smallest absolute Gasteiger partial charge is 0.326 e. The van der Waals surface area contributed by atoms with Crippen molar-refractivity contribution in [2.24, 2.45) is 28.1 Å². The molecule has 0 fully saturated rings. The predicted molar refractivity (Wildman–Crippen MR) is 154 cm³/mol. The number of amides is 3. The van der Waals surface area contributed by atoms with E-state index >= 15 is 0 Å². The molecule has 3 amide bonds. The molecule has 226 valence electrons. The van der Waals surface area contributed by atoms with Crippen LogP contribution in [0.25, 0.3) is 10.9 Å². The highest BCUT2D eigenvalue weighted by Crippen LogP contribution is 2.19. The number of hydrogen-bond donors (Lipinski definition) is 9. The van der Waals surface area contributed by atoms with Gasteiger partial charge in [-0.05, 0) is 43.7 Å². The molecule has 1 heterocycles. The molecule has 0 saturated heterocycles. The van der Waals surface area contributed by atoms with E-state index in [1.165, 1.54) is 6.92 Å². The topological polar surface area (TPSA) is 251 Å². The van der Waals surface area contributed by atoms with Gasteiger partial charge in [0.1, 0.15) is 18.1 Å². The highest BCUT2D eigenvalue weighted by Gasteiger charge is 2.33. The number of aliphatic hydroxyl groups is 1. The van der Waals surface area contributed by atoms with Gasteiger partial charge in [-0.15, -0.1) is 0 Å². The van der Waals surface area contributed by atoms with Crippen molar-refractivity contribution >= 4 is 40.6 Å². The molecule has 1 aromatic carbocycles. The number of benzene rings is 1. The molecule has 0 aliphatic heterocycles. The first-order valence-electron chi connectivity index (χ1n) is 13.5. The third-order valence-corrected chi connectivity index (χ3v) is 6.42. The summed E-state index contributed by atoms with van der Waals surface area (Å²) >= 11 is 0. The standard InChI is InChI=1S/C27H42N8O6/c1-14(2)11-21(26(40)41)34-25(39)22(15(3)36)35-24(38)20(12-16-13-32-19-9-5-4-7-17(16)19)33-23(37)18(28)8-6-10-31-27(29)30/h4-5,7,9,13-15,18,20-22,32,36H,6,8,10-12,28H2,1-3H3,(H,33,37)(H,34,39)(H,35,38)(H,40,41)(H4,29,30,31). The Labute approximate surface area is 238 Å². The van der Waals surface area contributed by atoms with Crippen LogP contribution in [0.5, 0.6) is 0 Å². The molecular formula is C27H42N8O6. The van der Waals surface area contributed by atoms with Crippen LogP contribution in [0.3, 0.4) is 0 Å². The first kappa shape index (κ1) is 33.0. The van der Waals surface area contributed by atoms with Crippen molar-refractivity contribution in [1.82, 2.24) is 20.9 Å². The molecule has 0 spiro atoms. The molecule has 1 aromatic heterocycles. The van der Waals surface area contributed by atoms with Gasteiger partial charge in [-0.25, -0.2) is 4.79 Å². The lowest BCUT2D eigenvalue weighted by atomic mass is 10.0. The molecule has 0 saturated carbocycles. The van der Waals surface area contributed by atoms with Gasteiger partial charge in [0.2, 0.25) is 17.7 Å². The van der Waals surface area contributed by atoms with Crippen LogP contribution < -0.4 is 33.2 Å². The van der Waals surface area contributed by atoms with Crippen LogP contribution in [0.1, 0.15) is 45.6 Å². The highest BCUT2D eigenvalue weighted by atomic mass is 16.4. The fraction of sp³-hybridized carbons (Fsp3) is 0.519. The summed E-state index contributed by atoms with van der Waals surface area (Å²) in [5, 5.41) is 28.2. The zero-order chi connectivity index (χ0) is 30.7. The first-order chi connectivity index (χ1) is 19.3. The number of H-pyrrole nitrogens is 1. The summed E-state index contributed by atoms with van der Waals surface area (Å²) < 4.78 is 0. The maximum absolute atomic E-state index is 13.5. The summed E-state index contributed by atoms with van der Waals surface area (Å²) in [4.78, 5) is 58.0. The monoisotopic (exact) mass is 574 g/mol. The maximum atomic E-state index is 13.5. The van der Waals surface area contributed by atoms with Gasteiger partial charge in [0.05, 0.1) is 12.1 Å². The molecule has 14 heteroatoms. The number of nitrogens with two attached hydrogens (primary N) is 3. The van der Waals surface area contributed by atoms with Crippen molar-refractivity contribution in [3.63, 3.8) is 0 Å². The number of guanidine groups is 1. The minimum Gasteiger partial charge on any atom is -0.480 e. The number of nitrogens with zero attached hydrogens (tertiary/aromatic N) is 1. The van der Waals surface area contributed by atoms with E-state index in [1.54, 1.807) is 20.0 Å². The second-order valence-electron chi connectivity index (χ2n) is 10.4. The molecule has 0 aliphatic rings. The van der Waals surface area contributed by atoms with Crippen molar-refractivity contribution in [3.05, 3.63) is 36.0 Å². The third kappa shape index (κ3) is 10.4. The Balaban J connectivity index is 2.24. The molecule has 2 rings (SSSR count). The lowest BCUT2D eigenvalue weighted by Gasteiger charge is -2.27. The van der Waals surface area contributed by atoms with E-state index in [0.717, 1.165) is 16.5 Å². The van der Waals surface area contributed by atoms with Crippen LogP contribution in [0.4, 0.5) is 0 Å². The summed E-state index contributed by atoms with van der Waals surface area (Å²) in [7, 11) is 0. The van der Waals surface area contributed by atoms with Crippen LogP contribution in [-0.2, 0) is 25.6 Å². The Morgan fingerprint density at radius 1 is 0.976 bits per heavy atom. The minimum absolute atomic E-state index is 0.0320. The summed E-state index contributed by atoms with van der Waals surface area (Å²) in [6, 6.07) is 2.58. The Kier molecular flexibility index (Phi) is 12.5. The van der Waals surface area contributed by atoms with E-state index in [0.29, 0.717) is 6.42 Å². The number of aromatic nitrogens is 1. The van der Waals surface area contributed by atoms with Gasteiger partial charge in [-0.1, -0.05) is 32.0 Å². The molecule has 41 heavy (non-hydrogen) atoms. The zero-order valence-corrected chi connectivity index (χ0v) is 23.6. The number of nitrogens with one attached hydrogen (secondary N) is 4. The summed E-state index contributed by atoms with van der Waals surface area (Å²) in [6.07, 6.45) is 1.22. The largest absolute Gasteiger partial charge is 0.480 e. The van der Waals surface area contributed by atoms with Crippen LogP contribution in [0, 0.1) is 5.92 Å².